The summed E-state index contributed by atoms with van der Waals surface area (Å²) in [5, 5.41) is 1.05. The van der Waals surface area contributed by atoms with Crippen LogP contribution in [0.1, 0.15) is 53.9 Å². The van der Waals surface area contributed by atoms with Crippen molar-refractivity contribution in [3.05, 3.63) is 0 Å². The van der Waals surface area contributed by atoms with Gasteiger partial charge in [-0.2, -0.15) is 0 Å². The molecule has 1 heterocycles. The van der Waals surface area contributed by atoms with Crippen LogP contribution in [0, 0.1) is 5.92 Å². The van der Waals surface area contributed by atoms with E-state index in [2.05, 4.69) is 29.8 Å². The van der Waals surface area contributed by atoms with Gasteiger partial charge in [-0.25, -0.2) is 4.79 Å². The molecule has 3 atom stereocenters. The Balaban J connectivity index is 2.64. The third-order valence-corrected chi connectivity index (χ3v) is 3.88. The van der Waals surface area contributed by atoms with E-state index in [1.807, 2.05) is 25.7 Å². The largest absolute Gasteiger partial charge is 0.444 e. The SMILES string of the molecule is CC1CC(CCBr)C[C@@H](C)N1C(=O)OC(C)(C)C. The number of ether oxygens (including phenoxy) is 1. The lowest BCUT2D eigenvalue weighted by molar-refractivity contribution is -0.00735. The highest BCUT2D eigenvalue weighted by atomic mass is 79.9. The minimum Gasteiger partial charge on any atom is -0.444 e. The van der Waals surface area contributed by atoms with E-state index in [1.54, 1.807) is 0 Å². The van der Waals surface area contributed by atoms with E-state index >= 15 is 0 Å². The molecule has 1 rings (SSSR count). The Labute approximate surface area is 119 Å². The van der Waals surface area contributed by atoms with Gasteiger partial charge >= 0.3 is 6.09 Å². The molecule has 0 N–H and O–H groups in total. The first-order valence-corrected chi connectivity index (χ1v) is 7.94. The van der Waals surface area contributed by atoms with E-state index in [4.69, 9.17) is 4.74 Å². The van der Waals surface area contributed by atoms with Gasteiger partial charge in [-0.05, 0) is 59.8 Å². The first-order chi connectivity index (χ1) is 8.24. The van der Waals surface area contributed by atoms with Gasteiger partial charge < -0.3 is 9.64 Å². The molecule has 0 aliphatic carbocycles. The number of hydrogen-bond acceptors (Lipinski definition) is 2. The molecule has 0 bridgehead atoms. The van der Waals surface area contributed by atoms with Crippen molar-refractivity contribution in [1.29, 1.82) is 0 Å². The average Bonchev–Trinajstić information content (AvgIpc) is 2.13. The van der Waals surface area contributed by atoms with Gasteiger partial charge in [0.15, 0.2) is 0 Å². The van der Waals surface area contributed by atoms with Crippen molar-refractivity contribution in [3.8, 4) is 0 Å². The maximum atomic E-state index is 12.2. The lowest BCUT2D eigenvalue weighted by Gasteiger charge is -2.42. The maximum Gasteiger partial charge on any atom is 0.410 e. The summed E-state index contributed by atoms with van der Waals surface area (Å²) in [6, 6.07) is 0.542. The smallest absolute Gasteiger partial charge is 0.410 e. The zero-order chi connectivity index (χ0) is 13.9. The fourth-order valence-electron chi connectivity index (χ4n) is 2.79. The predicted octanol–water partition coefficient (Wildman–Crippen LogP) is 4.20. The number of carbonyl (C=O) groups is 1. The van der Waals surface area contributed by atoms with Gasteiger partial charge in [-0.1, -0.05) is 15.9 Å². The van der Waals surface area contributed by atoms with Crippen molar-refractivity contribution >= 4 is 22.0 Å². The number of alkyl halides is 1. The summed E-state index contributed by atoms with van der Waals surface area (Å²) in [7, 11) is 0. The Hall–Kier alpha value is -0.250. The zero-order valence-electron chi connectivity index (χ0n) is 12.2. The molecule has 0 radical (unpaired) electrons. The zero-order valence-corrected chi connectivity index (χ0v) is 13.8. The van der Waals surface area contributed by atoms with E-state index in [0.29, 0.717) is 5.92 Å². The first kappa shape index (κ1) is 15.8. The fourth-order valence-corrected chi connectivity index (χ4v) is 3.43. The highest BCUT2D eigenvalue weighted by molar-refractivity contribution is 9.09. The second kappa shape index (κ2) is 6.27. The van der Waals surface area contributed by atoms with E-state index in [0.717, 1.165) is 18.2 Å². The maximum absolute atomic E-state index is 12.2. The molecule has 0 aromatic rings. The molecule has 0 spiro atoms. The molecular weight excluding hydrogens is 294 g/mol. The number of rotatable bonds is 2. The fraction of sp³-hybridized carbons (Fsp3) is 0.929. The van der Waals surface area contributed by atoms with Gasteiger partial charge in [0.2, 0.25) is 0 Å². The molecule has 0 saturated carbocycles. The molecule has 2 unspecified atom stereocenters. The molecule has 1 amide bonds. The first-order valence-electron chi connectivity index (χ1n) is 6.82. The molecule has 106 valence electrons. The van der Waals surface area contributed by atoms with E-state index in [9.17, 15) is 4.79 Å². The number of amides is 1. The van der Waals surface area contributed by atoms with Crippen LogP contribution in [-0.4, -0.2) is 34.0 Å². The van der Waals surface area contributed by atoms with Gasteiger partial charge in [0.05, 0.1) is 0 Å². The topological polar surface area (TPSA) is 29.5 Å². The number of likely N-dealkylation sites (tertiary alicyclic amines) is 1. The summed E-state index contributed by atoms with van der Waals surface area (Å²) in [6.07, 6.45) is 3.18. The van der Waals surface area contributed by atoms with Gasteiger partial charge in [0.25, 0.3) is 0 Å². The van der Waals surface area contributed by atoms with E-state index < -0.39 is 5.60 Å². The summed E-state index contributed by atoms with van der Waals surface area (Å²) in [4.78, 5) is 14.1. The number of nitrogens with zero attached hydrogens (tertiary/aromatic N) is 1. The van der Waals surface area contributed by atoms with Gasteiger partial charge in [0.1, 0.15) is 5.60 Å². The molecule has 0 aromatic carbocycles. The van der Waals surface area contributed by atoms with Crippen LogP contribution in [0.2, 0.25) is 0 Å². The molecule has 0 aromatic heterocycles. The molecule has 4 heteroatoms. The normalized spacial score (nSPS) is 29.2. The summed E-state index contributed by atoms with van der Waals surface area (Å²) in [6.45, 7) is 10.00. The number of piperidine rings is 1. The summed E-state index contributed by atoms with van der Waals surface area (Å²) >= 11 is 3.50. The molecule has 1 fully saturated rings. The lowest BCUT2D eigenvalue weighted by Crippen LogP contribution is -2.51. The monoisotopic (exact) mass is 319 g/mol. The number of carbonyl (C=O) groups excluding carboxylic acids is 1. The number of halogens is 1. The lowest BCUT2D eigenvalue weighted by atomic mass is 9.86. The average molecular weight is 320 g/mol. The van der Waals surface area contributed by atoms with Crippen LogP contribution in [0.5, 0.6) is 0 Å². The number of hydrogen-bond donors (Lipinski definition) is 0. The van der Waals surface area contributed by atoms with Crippen molar-refractivity contribution in [1.82, 2.24) is 4.90 Å². The van der Waals surface area contributed by atoms with Gasteiger partial charge in [-0.15, -0.1) is 0 Å². The van der Waals surface area contributed by atoms with Gasteiger partial charge in [-0.3, -0.25) is 0 Å². The highest BCUT2D eigenvalue weighted by Crippen LogP contribution is 2.31. The van der Waals surface area contributed by atoms with Crippen LogP contribution in [-0.2, 0) is 4.74 Å². The molecule has 1 saturated heterocycles. The molecule has 1 aliphatic rings. The van der Waals surface area contributed by atoms with Crippen molar-refractivity contribution in [2.45, 2.75) is 71.6 Å². The minimum atomic E-state index is -0.413. The van der Waals surface area contributed by atoms with Crippen LogP contribution in [0.3, 0.4) is 0 Å². The molecule has 1 aliphatic heterocycles. The summed E-state index contributed by atoms with van der Waals surface area (Å²) < 4.78 is 5.49. The van der Waals surface area contributed by atoms with Crippen LogP contribution < -0.4 is 0 Å². The van der Waals surface area contributed by atoms with Crippen molar-refractivity contribution < 1.29 is 9.53 Å². The predicted molar refractivity (Wildman–Crippen MR) is 78.1 cm³/mol. The van der Waals surface area contributed by atoms with E-state index in [1.165, 1.54) is 6.42 Å². The Morgan fingerprint density at radius 1 is 1.28 bits per heavy atom. The summed E-state index contributed by atoms with van der Waals surface area (Å²) in [5.41, 5.74) is -0.413. The Morgan fingerprint density at radius 3 is 2.17 bits per heavy atom. The molecule has 18 heavy (non-hydrogen) atoms. The second-order valence-electron chi connectivity index (χ2n) is 6.40. The molecular formula is C14H26BrNO2. The Kier molecular flexibility index (Phi) is 5.50. The Morgan fingerprint density at radius 2 is 1.78 bits per heavy atom. The van der Waals surface area contributed by atoms with Crippen LogP contribution in [0.15, 0.2) is 0 Å². The van der Waals surface area contributed by atoms with Crippen LogP contribution in [0.25, 0.3) is 0 Å². The second-order valence-corrected chi connectivity index (χ2v) is 7.19. The van der Waals surface area contributed by atoms with Crippen molar-refractivity contribution in [3.63, 3.8) is 0 Å². The quantitative estimate of drug-likeness (QED) is 0.714. The molecule has 3 nitrogen and oxygen atoms in total. The van der Waals surface area contributed by atoms with Gasteiger partial charge in [0, 0.05) is 17.4 Å². The van der Waals surface area contributed by atoms with Crippen LogP contribution in [0.4, 0.5) is 4.79 Å². The van der Waals surface area contributed by atoms with Crippen molar-refractivity contribution in [2.24, 2.45) is 5.92 Å². The summed E-state index contributed by atoms with van der Waals surface area (Å²) in [5.74, 6) is 0.716. The Bertz CT molecular complexity index is 276. The van der Waals surface area contributed by atoms with Crippen molar-refractivity contribution in [2.75, 3.05) is 5.33 Å². The minimum absolute atomic E-state index is 0.167. The third kappa shape index (κ3) is 4.45. The van der Waals surface area contributed by atoms with E-state index in [-0.39, 0.29) is 18.2 Å². The standard InChI is InChI=1S/C14H26BrNO2/c1-10-8-12(6-7-15)9-11(2)16(10)13(17)18-14(3,4)5/h10-12H,6-9H2,1-5H3/t10-,11?,12?/m1/s1. The van der Waals surface area contributed by atoms with Crippen LogP contribution >= 0.6 is 15.9 Å². The highest BCUT2D eigenvalue weighted by Gasteiger charge is 2.35. The third-order valence-electron chi connectivity index (χ3n) is 3.42.